The normalized spacial score (nSPS) is 24.4. The molecule has 25 heavy (non-hydrogen) atoms. The van der Waals surface area contributed by atoms with Crippen LogP contribution in [0.5, 0.6) is 0 Å². The van der Waals surface area contributed by atoms with E-state index in [4.69, 9.17) is 14.5 Å². The minimum Gasteiger partial charge on any atom is -0.379 e. The quantitative estimate of drug-likeness (QED) is 0.324. The van der Waals surface area contributed by atoms with Gasteiger partial charge in [-0.1, -0.05) is 0 Å². The molecular weight excluding hydrogens is 433 g/mol. The van der Waals surface area contributed by atoms with Crippen LogP contribution in [0.4, 0.5) is 0 Å². The maximum atomic E-state index is 5.52. The number of nitrogens with zero attached hydrogens (tertiary/aromatic N) is 3. The average molecular weight is 469 g/mol. The van der Waals surface area contributed by atoms with Crippen LogP contribution < -0.4 is 10.6 Å². The molecule has 148 valence electrons. The lowest BCUT2D eigenvalue weighted by atomic mass is 10.2. The lowest BCUT2D eigenvalue weighted by molar-refractivity contribution is -0.0165. The van der Waals surface area contributed by atoms with Crippen LogP contribution >= 0.6 is 24.0 Å². The average Bonchev–Trinajstić information content (AvgIpc) is 2.60. The van der Waals surface area contributed by atoms with Crippen molar-refractivity contribution in [1.82, 2.24) is 20.4 Å². The van der Waals surface area contributed by atoms with Gasteiger partial charge < -0.3 is 20.1 Å². The van der Waals surface area contributed by atoms with E-state index < -0.39 is 0 Å². The largest absolute Gasteiger partial charge is 0.379 e. The second-order valence-electron chi connectivity index (χ2n) is 6.61. The summed E-state index contributed by atoms with van der Waals surface area (Å²) in [5, 5.41) is 6.79. The van der Waals surface area contributed by atoms with Gasteiger partial charge in [-0.2, -0.15) is 0 Å². The molecule has 2 saturated heterocycles. The van der Waals surface area contributed by atoms with Crippen molar-refractivity contribution < 1.29 is 9.47 Å². The van der Waals surface area contributed by atoms with Crippen LogP contribution in [-0.2, 0) is 9.47 Å². The van der Waals surface area contributed by atoms with Crippen molar-refractivity contribution in [3.05, 3.63) is 0 Å². The smallest absolute Gasteiger partial charge is 0.191 e. The van der Waals surface area contributed by atoms with E-state index in [0.717, 1.165) is 78.2 Å². The first-order valence-corrected chi connectivity index (χ1v) is 9.36. The standard InChI is InChI=1S/C17H35N5O2.HI/c1-4-18-17(19-5-6-21-7-10-23-11-8-21)20-13-15(2)22-9-12-24-14-16(22)3;/h15-16H,4-14H2,1-3H3,(H2,18,19,20);1H. The fraction of sp³-hybridized carbons (Fsp3) is 0.941. The lowest BCUT2D eigenvalue weighted by Crippen LogP contribution is -2.50. The van der Waals surface area contributed by atoms with E-state index >= 15 is 0 Å². The second-order valence-corrected chi connectivity index (χ2v) is 6.61. The molecule has 0 spiro atoms. The fourth-order valence-electron chi connectivity index (χ4n) is 3.22. The van der Waals surface area contributed by atoms with E-state index in [2.05, 4.69) is 41.2 Å². The molecule has 2 aliphatic heterocycles. The van der Waals surface area contributed by atoms with Crippen molar-refractivity contribution in [1.29, 1.82) is 0 Å². The maximum absolute atomic E-state index is 5.52. The Morgan fingerprint density at radius 1 is 1.16 bits per heavy atom. The molecule has 8 heteroatoms. The predicted octanol–water partition coefficient (Wildman–Crippen LogP) is 0.601. The summed E-state index contributed by atoms with van der Waals surface area (Å²) in [6, 6.07) is 0.902. The predicted molar refractivity (Wildman–Crippen MR) is 113 cm³/mol. The molecule has 0 bridgehead atoms. The number of aliphatic imine (C=N–C) groups is 1. The summed E-state index contributed by atoms with van der Waals surface area (Å²) in [7, 11) is 0. The second kappa shape index (κ2) is 13.1. The van der Waals surface area contributed by atoms with Crippen LogP contribution in [0.15, 0.2) is 4.99 Å². The summed E-state index contributed by atoms with van der Waals surface area (Å²) >= 11 is 0. The van der Waals surface area contributed by atoms with Gasteiger partial charge in [-0.25, -0.2) is 0 Å². The van der Waals surface area contributed by atoms with Crippen molar-refractivity contribution in [2.24, 2.45) is 4.99 Å². The third kappa shape index (κ3) is 8.38. The Kier molecular flexibility index (Phi) is 12.0. The molecule has 0 aromatic heterocycles. The summed E-state index contributed by atoms with van der Waals surface area (Å²) < 4.78 is 10.9. The number of hydrogen-bond acceptors (Lipinski definition) is 5. The molecule has 2 heterocycles. The third-order valence-electron chi connectivity index (χ3n) is 4.67. The minimum absolute atomic E-state index is 0. The molecule has 2 rings (SSSR count). The molecule has 0 amide bonds. The number of nitrogens with one attached hydrogen (secondary N) is 2. The molecule has 2 aliphatic rings. The van der Waals surface area contributed by atoms with Crippen molar-refractivity contribution in [3.8, 4) is 0 Å². The Morgan fingerprint density at radius 3 is 2.56 bits per heavy atom. The Morgan fingerprint density at radius 2 is 1.88 bits per heavy atom. The van der Waals surface area contributed by atoms with E-state index in [1.807, 2.05) is 0 Å². The third-order valence-corrected chi connectivity index (χ3v) is 4.67. The van der Waals surface area contributed by atoms with Gasteiger partial charge in [0.05, 0.1) is 33.0 Å². The van der Waals surface area contributed by atoms with Gasteiger partial charge in [-0.3, -0.25) is 14.8 Å². The number of hydrogen-bond donors (Lipinski definition) is 2. The Balaban J connectivity index is 0.00000312. The molecule has 2 fully saturated rings. The summed E-state index contributed by atoms with van der Waals surface area (Å²) in [6.07, 6.45) is 0. The van der Waals surface area contributed by atoms with Gasteiger partial charge in [0.25, 0.3) is 0 Å². The zero-order chi connectivity index (χ0) is 17.2. The van der Waals surface area contributed by atoms with E-state index in [1.54, 1.807) is 0 Å². The van der Waals surface area contributed by atoms with Crippen LogP contribution in [0, 0.1) is 0 Å². The van der Waals surface area contributed by atoms with Gasteiger partial charge in [0.1, 0.15) is 0 Å². The zero-order valence-electron chi connectivity index (χ0n) is 16.0. The monoisotopic (exact) mass is 469 g/mol. The molecule has 0 aliphatic carbocycles. The molecule has 0 radical (unpaired) electrons. The minimum atomic E-state index is 0. The summed E-state index contributed by atoms with van der Waals surface area (Å²) in [4.78, 5) is 9.69. The highest BCUT2D eigenvalue weighted by Gasteiger charge is 2.23. The van der Waals surface area contributed by atoms with Crippen LogP contribution in [0.2, 0.25) is 0 Å². The lowest BCUT2D eigenvalue weighted by Gasteiger charge is -2.37. The first-order chi connectivity index (χ1) is 11.7. The summed E-state index contributed by atoms with van der Waals surface area (Å²) in [5.74, 6) is 0.915. The van der Waals surface area contributed by atoms with Crippen LogP contribution in [0.1, 0.15) is 20.8 Å². The Labute approximate surface area is 169 Å². The van der Waals surface area contributed by atoms with Crippen LogP contribution in [0.25, 0.3) is 0 Å². The molecule has 2 atom stereocenters. The molecule has 2 unspecified atom stereocenters. The van der Waals surface area contributed by atoms with Crippen molar-refractivity contribution in [2.75, 3.05) is 72.2 Å². The van der Waals surface area contributed by atoms with E-state index in [0.29, 0.717) is 12.1 Å². The first kappa shape index (κ1) is 22.9. The summed E-state index contributed by atoms with van der Waals surface area (Å²) in [6.45, 7) is 16.6. The van der Waals surface area contributed by atoms with Gasteiger partial charge in [0, 0.05) is 51.4 Å². The highest BCUT2D eigenvalue weighted by atomic mass is 127. The number of halogens is 1. The number of ether oxygens (including phenoxy) is 2. The highest BCUT2D eigenvalue weighted by molar-refractivity contribution is 14.0. The van der Waals surface area contributed by atoms with Crippen LogP contribution in [0.3, 0.4) is 0 Å². The van der Waals surface area contributed by atoms with Crippen LogP contribution in [-0.4, -0.2) is 100 Å². The van der Waals surface area contributed by atoms with Crippen molar-refractivity contribution in [3.63, 3.8) is 0 Å². The molecular formula is C17H36IN5O2. The highest BCUT2D eigenvalue weighted by Crippen LogP contribution is 2.10. The molecule has 0 aromatic rings. The molecule has 2 N–H and O–H groups in total. The number of guanidine groups is 1. The van der Waals surface area contributed by atoms with Gasteiger partial charge in [0.2, 0.25) is 0 Å². The van der Waals surface area contributed by atoms with Gasteiger partial charge in [0.15, 0.2) is 5.96 Å². The molecule has 0 aromatic carbocycles. The Hall–Kier alpha value is -0.160. The first-order valence-electron chi connectivity index (χ1n) is 9.36. The summed E-state index contributed by atoms with van der Waals surface area (Å²) in [5.41, 5.74) is 0. The molecule has 0 saturated carbocycles. The number of rotatable bonds is 7. The maximum Gasteiger partial charge on any atom is 0.191 e. The Bertz CT molecular complexity index is 380. The van der Waals surface area contributed by atoms with Gasteiger partial charge in [-0.15, -0.1) is 24.0 Å². The van der Waals surface area contributed by atoms with E-state index in [1.165, 1.54) is 0 Å². The van der Waals surface area contributed by atoms with Gasteiger partial charge >= 0.3 is 0 Å². The topological polar surface area (TPSA) is 61.4 Å². The fourth-order valence-corrected chi connectivity index (χ4v) is 3.22. The zero-order valence-corrected chi connectivity index (χ0v) is 18.3. The van der Waals surface area contributed by atoms with Gasteiger partial charge in [-0.05, 0) is 20.8 Å². The number of morpholine rings is 2. The van der Waals surface area contributed by atoms with Crippen molar-refractivity contribution >= 4 is 29.9 Å². The molecule has 7 nitrogen and oxygen atoms in total. The van der Waals surface area contributed by atoms with Crippen molar-refractivity contribution in [2.45, 2.75) is 32.9 Å². The SMILES string of the molecule is CCNC(=NCC(C)N1CCOCC1C)NCCN1CCOCC1.I. The van der Waals surface area contributed by atoms with E-state index in [-0.39, 0.29) is 24.0 Å². The van der Waals surface area contributed by atoms with E-state index in [9.17, 15) is 0 Å².